The van der Waals surface area contributed by atoms with Gasteiger partial charge >= 0.3 is 0 Å². The Labute approximate surface area is 143 Å². The second-order valence-corrected chi connectivity index (χ2v) is 8.24. The molecule has 0 atom stereocenters. The van der Waals surface area contributed by atoms with Crippen molar-refractivity contribution in [2.24, 2.45) is 0 Å². The molecule has 1 aliphatic rings. The minimum Gasteiger partial charge on any atom is -0.368 e. The van der Waals surface area contributed by atoms with Crippen LogP contribution in [0.25, 0.3) is 0 Å². The van der Waals surface area contributed by atoms with E-state index >= 15 is 0 Å². The molecule has 2 aromatic rings. The van der Waals surface area contributed by atoms with Crippen molar-refractivity contribution in [2.75, 3.05) is 36.8 Å². The van der Waals surface area contributed by atoms with Gasteiger partial charge in [0.15, 0.2) is 9.84 Å². The van der Waals surface area contributed by atoms with Gasteiger partial charge in [-0.2, -0.15) is 0 Å². The minimum absolute atomic E-state index is 0.131. The third kappa shape index (κ3) is 3.76. The molecule has 24 heavy (non-hydrogen) atoms. The number of anilines is 1. The summed E-state index contributed by atoms with van der Waals surface area (Å²) < 4.78 is 24.7. The van der Waals surface area contributed by atoms with E-state index < -0.39 is 9.84 Å². The van der Waals surface area contributed by atoms with Gasteiger partial charge in [-0.15, -0.1) is 0 Å². The lowest BCUT2D eigenvalue weighted by molar-refractivity contribution is 0.249. The molecular weight excluding hydrogens is 322 g/mol. The van der Waals surface area contributed by atoms with Crippen molar-refractivity contribution in [3.05, 3.63) is 54.4 Å². The van der Waals surface area contributed by atoms with Crippen molar-refractivity contribution in [3.8, 4) is 0 Å². The summed E-state index contributed by atoms with van der Waals surface area (Å²) in [6.07, 6.45) is 3.63. The second kappa shape index (κ2) is 7.32. The first-order chi connectivity index (χ1) is 11.6. The van der Waals surface area contributed by atoms with Crippen molar-refractivity contribution < 1.29 is 8.42 Å². The number of aromatic nitrogens is 1. The lowest BCUT2D eigenvalue weighted by Crippen LogP contribution is -2.46. The SMILES string of the molecule is CCS(=O)(=O)c1ccccc1N1CCN(Cc2ccncc2)CC1. The molecule has 1 aromatic carbocycles. The van der Waals surface area contributed by atoms with E-state index in [1.807, 2.05) is 36.7 Å². The maximum atomic E-state index is 12.3. The third-order valence-corrected chi connectivity index (χ3v) is 6.22. The van der Waals surface area contributed by atoms with Gasteiger partial charge in [0.05, 0.1) is 16.3 Å². The molecule has 0 N–H and O–H groups in total. The van der Waals surface area contributed by atoms with Crippen molar-refractivity contribution >= 4 is 15.5 Å². The van der Waals surface area contributed by atoms with Crippen LogP contribution in [0.5, 0.6) is 0 Å². The molecule has 1 aliphatic heterocycles. The van der Waals surface area contributed by atoms with Gasteiger partial charge in [0.2, 0.25) is 0 Å². The highest BCUT2D eigenvalue weighted by Crippen LogP contribution is 2.27. The van der Waals surface area contributed by atoms with Gasteiger partial charge in [0.1, 0.15) is 0 Å². The summed E-state index contributed by atoms with van der Waals surface area (Å²) in [5.74, 6) is 0.131. The van der Waals surface area contributed by atoms with Gasteiger partial charge in [0.25, 0.3) is 0 Å². The molecule has 6 heteroatoms. The Morgan fingerprint density at radius 2 is 1.67 bits per heavy atom. The molecule has 1 aromatic heterocycles. The van der Waals surface area contributed by atoms with Crippen LogP contribution in [-0.4, -0.2) is 50.2 Å². The van der Waals surface area contributed by atoms with Crippen LogP contribution in [-0.2, 0) is 16.4 Å². The third-order valence-electron chi connectivity index (χ3n) is 4.45. The number of piperazine rings is 1. The largest absolute Gasteiger partial charge is 0.368 e. The van der Waals surface area contributed by atoms with E-state index in [-0.39, 0.29) is 5.75 Å². The number of sulfone groups is 1. The summed E-state index contributed by atoms with van der Waals surface area (Å²) in [5.41, 5.74) is 2.09. The van der Waals surface area contributed by atoms with Crippen molar-refractivity contribution in [1.82, 2.24) is 9.88 Å². The van der Waals surface area contributed by atoms with Gasteiger partial charge < -0.3 is 4.90 Å². The van der Waals surface area contributed by atoms with Crippen LogP contribution in [0.3, 0.4) is 0 Å². The van der Waals surface area contributed by atoms with Crippen LogP contribution in [0.15, 0.2) is 53.7 Å². The molecule has 5 nitrogen and oxygen atoms in total. The molecule has 0 unspecified atom stereocenters. The Morgan fingerprint density at radius 1 is 1.00 bits per heavy atom. The van der Waals surface area contributed by atoms with E-state index in [4.69, 9.17) is 0 Å². The molecule has 0 bridgehead atoms. The number of nitrogens with zero attached hydrogens (tertiary/aromatic N) is 3. The first-order valence-electron chi connectivity index (χ1n) is 8.28. The monoisotopic (exact) mass is 345 g/mol. The van der Waals surface area contributed by atoms with Gasteiger partial charge in [-0.05, 0) is 29.8 Å². The molecule has 0 radical (unpaired) electrons. The summed E-state index contributed by atoms with van der Waals surface area (Å²) in [6.45, 7) is 6.11. The zero-order chi connectivity index (χ0) is 17.0. The number of benzene rings is 1. The summed E-state index contributed by atoms with van der Waals surface area (Å²) in [7, 11) is -3.20. The van der Waals surface area contributed by atoms with Gasteiger partial charge in [-0.3, -0.25) is 9.88 Å². The maximum Gasteiger partial charge on any atom is 0.180 e. The maximum absolute atomic E-state index is 12.3. The van der Waals surface area contributed by atoms with Crippen molar-refractivity contribution in [3.63, 3.8) is 0 Å². The van der Waals surface area contributed by atoms with Crippen LogP contribution < -0.4 is 4.90 Å². The zero-order valence-electron chi connectivity index (χ0n) is 13.9. The highest BCUT2D eigenvalue weighted by molar-refractivity contribution is 7.91. The van der Waals surface area contributed by atoms with E-state index in [1.165, 1.54) is 5.56 Å². The molecular formula is C18H23N3O2S. The predicted molar refractivity (Wildman–Crippen MR) is 95.9 cm³/mol. The van der Waals surface area contributed by atoms with E-state index in [0.717, 1.165) is 38.4 Å². The normalized spacial score (nSPS) is 16.3. The Kier molecular flexibility index (Phi) is 5.16. The molecule has 0 aliphatic carbocycles. The Hall–Kier alpha value is -1.92. The molecule has 128 valence electrons. The summed E-state index contributed by atoms with van der Waals surface area (Å²) >= 11 is 0. The minimum atomic E-state index is -3.20. The number of pyridine rings is 1. The molecule has 0 saturated carbocycles. The lowest BCUT2D eigenvalue weighted by Gasteiger charge is -2.36. The van der Waals surface area contributed by atoms with Crippen LogP contribution in [0.4, 0.5) is 5.69 Å². The topological polar surface area (TPSA) is 53.5 Å². The van der Waals surface area contributed by atoms with Gasteiger partial charge in [0, 0.05) is 45.1 Å². The Morgan fingerprint density at radius 3 is 2.33 bits per heavy atom. The van der Waals surface area contributed by atoms with Crippen LogP contribution >= 0.6 is 0 Å². The Bertz CT molecular complexity index is 770. The molecule has 2 heterocycles. The number of para-hydroxylation sites is 1. The van der Waals surface area contributed by atoms with E-state index in [0.29, 0.717) is 4.90 Å². The number of rotatable bonds is 5. The smallest absolute Gasteiger partial charge is 0.180 e. The molecule has 3 rings (SSSR count). The molecule has 0 spiro atoms. The van der Waals surface area contributed by atoms with Gasteiger partial charge in [-0.25, -0.2) is 8.42 Å². The summed E-state index contributed by atoms with van der Waals surface area (Å²) in [4.78, 5) is 9.08. The fourth-order valence-electron chi connectivity index (χ4n) is 3.03. The highest BCUT2D eigenvalue weighted by Gasteiger charge is 2.23. The number of hydrogen-bond donors (Lipinski definition) is 0. The quantitative estimate of drug-likeness (QED) is 0.831. The molecule has 0 amide bonds. The average molecular weight is 345 g/mol. The first kappa shape index (κ1) is 16.9. The second-order valence-electron chi connectivity index (χ2n) is 5.99. The molecule has 1 fully saturated rings. The zero-order valence-corrected chi connectivity index (χ0v) is 14.7. The Balaban J connectivity index is 1.69. The molecule has 1 saturated heterocycles. The van der Waals surface area contributed by atoms with Crippen molar-refractivity contribution in [1.29, 1.82) is 0 Å². The highest BCUT2D eigenvalue weighted by atomic mass is 32.2. The average Bonchev–Trinajstić information content (AvgIpc) is 2.63. The van der Waals surface area contributed by atoms with Crippen LogP contribution in [0.1, 0.15) is 12.5 Å². The summed E-state index contributed by atoms with van der Waals surface area (Å²) in [6, 6.07) is 11.4. The van der Waals surface area contributed by atoms with Gasteiger partial charge in [-0.1, -0.05) is 19.1 Å². The lowest BCUT2D eigenvalue weighted by atomic mass is 10.2. The van der Waals surface area contributed by atoms with Crippen LogP contribution in [0.2, 0.25) is 0 Å². The fraction of sp³-hybridized carbons (Fsp3) is 0.389. The predicted octanol–water partition coefficient (Wildman–Crippen LogP) is 2.20. The first-order valence-corrected chi connectivity index (χ1v) is 9.93. The van der Waals surface area contributed by atoms with E-state index in [2.05, 4.69) is 14.8 Å². The van der Waals surface area contributed by atoms with Crippen molar-refractivity contribution in [2.45, 2.75) is 18.4 Å². The summed E-state index contributed by atoms with van der Waals surface area (Å²) in [5, 5.41) is 0. The number of hydrogen-bond acceptors (Lipinski definition) is 5. The fourth-order valence-corrected chi connectivity index (χ4v) is 4.14. The van der Waals surface area contributed by atoms with E-state index in [1.54, 1.807) is 19.1 Å². The van der Waals surface area contributed by atoms with Crippen LogP contribution in [0, 0.1) is 0 Å². The van der Waals surface area contributed by atoms with E-state index in [9.17, 15) is 8.42 Å². The standard InChI is InChI=1S/C18H23N3O2S/c1-2-24(22,23)18-6-4-3-5-17(18)21-13-11-20(12-14-21)15-16-7-9-19-10-8-16/h3-10H,2,11-15H2,1H3.